The molecule has 0 aromatic heterocycles. The number of piperidine rings is 1. The molecule has 18 heavy (non-hydrogen) atoms. The number of hydrogen-bond donors (Lipinski definition) is 2. The molecule has 2 N–H and O–H groups in total. The maximum Gasteiger partial charge on any atom is 0.220 e. The second-order valence-electron chi connectivity index (χ2n) is 5.99. The maximum absolute atomic E-state index is 11.8. The summed E-state index contributed by atoms with van der Waals surface area (Å²) in [6, 6.07) is 0.583. The highest BCUT2D eigenvalue weighted by molar-refractivity contribution is 5.75. The molecule has 1 aliphatic carbocycles. The molecule has 2 rings (SSSR count). The van der Waals surface area contributed by atoms with Crippen molar-refractivity contribution < 1.29 is 4.79 Å². The lowest BCUT2D eigenvalue weighted by atomic mass is 9.89. The van der Waals surface area contributed by atoms with E-state index < -0.39 is 0 Å². The van der Waals surface area contributed by atoms with Crippen LogP contribution in [-0.2, 0) is 4.79 Å². The number of rotatable bonds is 5. The first kappa shape index (κ1) is 13.9. The Kier molecular flexibility index (Phi) is 5.98. The minimum Gasteiger partial charge on any atom is -0.356 e. The highest BCUT2D eigenvalue weighted by Gasteiger charge is 2.16. The van der Waals surface area contributed by atoms with E-state index in [1.54, 1.807) is 0 Å². The zero-order chi connectivity index (χ0) is 12.6. The Balaban J connectivity index is 1.54. The van der Waals surface area contributed by atoms with E-state index in [4.69, 9.17) is 0 Å². The molecule has 0 spiro atoms. The number of carbonyl (C=O) groups is 1. The summed E-state index contributed by atoms with van der Waals surface area (Å²) in [5.41, 5.74) is 0. The zero-order valence-electron chi connectivity index (χ0n) is 11.5. The molecule has 1 saturated heterocycles. The summed E-state index contributed by atoms with van der Waals surface area (Å²) in [5.74, 6) is 1.00. The molecule has 0 radical (unpaired) electrons. The van der Waals surface area contributed by atoms with Gasteiger partial charge >= 0.3 is 0 Å². The van der Waals surface area contributed by atoms with Crippen molar-refractivity contribution >= 4 is 5.91 Å². The Morgan fingerprint density at radius 3 is 2.56 bits per heavy atom. The predicted molar refractivity (Wildman–Crippen MR) is 74.5 cm³/mol. The van der Waals surface area contributed by atoms with Crippen LogP contribution in [0.2, 0.25) is 0 Å². The van der Waals surface area contributed by atoms with E-state index in [9.17, 15) is 4.79 Å². The minimum atomic E-state index is 0.257. The molecular weight excluding hydrogens is 224 g/mol. The lowest BCUT2D eigenvalue weighted by molar-refractivity contribution is -0.121. The molecule has 0 aromatic carbocycles. The van der Waals surface area contributed by atoms with Gasteiger partial charge in [0.1, 0.15) is 0 Å². The fraction of sp³-hybridized carbons (Fsp3) is 0.933. The average Bonchev–Trinajstić information content (AvgIpc) is 2.45. The number of amides is 1. The molecule has 1 saturated carbocycles. The molecule has 3 nitrogen and oxygen atoms in total. The molecule has 1 amide bonds. The molecule has 2 fully saturated rings. The molecular formula is C15H28N2O. The summed E-state index contributed by atoms with van der Waals surface area (Å²) in [4.78, 5) is 11.8. The Labute approximate surface area is 111 Å². The summed E-state index contributed by atoms with van der Waals surface area (Å²) in [6.07, 6.45) is 12.3. The Morgan fingerprint density at radius 2 is 1.83 bits per heavy atom. The first-order chi connectivity index (χ1) is 8.84. The highest BCUT2D eigenvalue weighted by Crippen LogP contribution is 2.22. The Morgan fingerprint density at radius 1 is 1.06 bits per heavy atom. The maximum atomic E-state index is 11.8. The van der Waals surface area contributed by atoms with E-state index in [0.29, 0.717) is 12.5 Å². The summed E-state index contributed by atoms with van der Waals surface area (Å²) in [5, 5.41) is 6.63. The summed E-state index contributed by atoms with van der Waals surface area (Å²) in [6.45, 7) is 2.05. The first-order valence-electron chi connectivity index (χ1n) is 7.84. The first-order valence-corrected chi connectivity index (χ1v) is 7.84. The molecule has 1 heterocycles. The zero-order valence-corrected chi connectivity index (χ0v) is 11.5. The number of nitrogens with one attached hydrogen (secondary N) is 2. The SMILES string of the molecule is O=C(CCC1CCCCN1)NCC1CCCCC1. The van der Waals surface area contributed by atoms with Crippen LogP contribution in [0, 0.1) is 5.92 Å². The van der Waals surface area contributed by atoms with Crippen LogP contribution < -0.4 is 10.6 Å². The van der Waals surface area contributed by atoms with Gasteiger partial charge in [-0.2, -0.15) is 0 Å². The Hall–Kier alpha value is -0.570. The van der Waals surface area contributed by atoms with Crippen molar-refractivity contribution in [2.45, 2.75) is 70.3 Å². The van der Waals surface area contributed by atoms with Crippen LogP contribution in [0.15, 0.2) is 0 Å². The van der Waals surface area contributed by atoms with Crippen LogP contribution in [0.5, 0.6) is 0 Å². The van der Waals surface area contributed by atoms with Gasteiger partial charge in [-0.25, -0.2) is 0 Å². The van der Waals surface area contributed by atoms with E-state index in [1.165, 1.54) is 51.4 Å². The van der Waals surface area contributed by atoms with Crippen molar-refractivity contribution in [2.75, 3.05) is 13.1 Å². The molecule has 0 aromatic rings. The fourth-order valence-corrected chi connectivity index (χ4v) is 3.21. The predicted octanol–water partition coefficient (Wildman–Crippen LogP) is 2.61. The standard InChI is InChI=1S/C15H28N2O/c18-15(10-9-14-8-4-5-11-16-14)17-12-13-6-2-1-3-7-13/h13-14,16H,1-12H2,(H,17,18). The molecule has 104 valence electrons. The van der Waals surface area contributed by atoms with Crippen LogP contribution in [0.1, 0.15) is 64.2 Å². The minimum absolute atomic E-state index is 0.257. The lowest BCUT2D eigenvalue weighted by Crippen LogP contribution is -2.36. The van der Waals surface area contributed by atoms with Gasteiger partial charge in [0.2, 0.25) is 5.91 Å². The Bertz CT molecular complexity index is 219. The topological polar surface area (TPSA) is 41.1 Å². The van der Waals surface area contributed by atoms with Gasteiger partial charge in [-0.05, 0) is 44.6 Å². The molecule has 1 atom stereocenters. The van der Waals surface area contributed by atoms with Crippen LogP contribution in [0.3, 0.4) is 0 Å². The smallest absolute Gasteiger partial charge is 0.220 e. The lowest BCUT2D eigenvalue weighted by Gasteiger charge is -2.24. The van der Waals surface area contributed by atoms with Gasteiger partial charge in [-0.15, -0.1) is 0 Å². The van der Waals surface area contributed by atoms with Crippen molar-refractivity contribution in [1.82, 2.24) is 10.6 Å². The molecule has 1 aliphatic heterocycles. The average molecular weight is 252 g/mol. The quantitative estimate of drug-likeness (QED) is 0.789. The molecule has 0 bridgehead atoms. The second-order valence-corrected chi connectivity index (χ2v) is 5.99. The van der Waals surface area contributed by atoms with Crippen LogP contribution in [0.4, 0.5) is 0 Å². The second kappa shape index (κ2) is 7.78. The van der Waals surface area contributed by atoms with Gasteiger partial charge < -0.3 is 10.6 Å². The normalized spacial score (nSPS) is 25.9. The monoisotopic (exact) mass is 252 g/mol. The largest absolute Gasteiger partial charge is 0.356 e. The van der Waals surface area contributed by atoms with Crippen LogP contribution in [0.25, 0.3) is 0 Å². The highest BCUT2D eigenvalue weighted by atomic mass is 16.1. The summed E-state index contributed by atoms with van der Waals surface area (Å²) < 4.78 is 0. The van der Waals surface area contributed by atoms with E-state index in [0.717, 1.165) is 25.4 Å². The molecule has 2 aliphatic rings. The third kappa shape index (κ3) is 4.97. The summed E-state index contributed by atoms with van der Waals surface area (Å²) >= 11 is 0. The van der Waals surface area contributed by atoms with Gasteiger partial charge in [0, 0.05) is 19.0 Å². The van der Waals surface area contributed by atoms with Gasteiger partial charge in [0.15, 0.2) is 0 Å². The number of carbonyl (C=O) groups excluding carboxylic acids is 1. The van der Waals surface area contributed by atoms with Crippen molar-refractivity contribution in [3.8, 4) is 0 Å². The van der Waals surface area contributed by atoms with Crippen molar-refractivity contribution in [2.24, 2.45) is 5.92 Å². The fourth-order valence-electron chi connectivity index (χ4n) is 3.21. The van der Waals surface area contributed by atoms with Crippen molar-refractivity contribution in [3.05, 3.63) is 0 Å². The van der Waals surface area contributed by atoms with E-state index in [1.807, 2.05) is 0 Å². The summed E-state index contributed by atoms with van der Waals surface area (Å²) in [7, 11) is 0. The van der Waals surface area contributed by atoms with Gasteiger partial charge in [-0.1, -0.05) is 25.7 Å². The number of hydrogen-bond acceptors (Lipinski definition) is 2. The van der Waals surface area contributed by atoms with Crippen molar-refractivity contribution in [1.29, 1.82) is 0 Å². The molecule has 1 unspecified atom stereocenters. The third-order valence-corrected chi connectivity index (χ3v) is 4.44. The van der Waals surface area contributed by atoms with E-state index in [2.05, 4.69) is 10.6 Å². The van der Waals surface area contributed by atoms with Crippen LogP contribution >= 0.6 is 0 Å². The van der Waals surface area contributed by atoms with E-state index in [-0.39, 0.29) is 5.91 Å². The van der Waals surface area contributed by atoms with Gasteiger partial charge in [-0.3, -0.25) is 4.79 Å². The van der Waals surface area contributed by atoms with E-state index >= 15 is 0 Å². The van der Waals surface area contributed by atoms with Gasteiger partial charge in [0.05, 0.1) is 0 Å². The molecule has 3 heteroatoms. The van der Waals surface area contributed by atoms with Crippen LogP contribution in [-0.4, -0.2) is 25.0 Å². The van der Waals surface area contributed by atoms with Crippen molar-refractivity contribution in [3.63, 3.8) is 0 Å². The third-order valence-electron chi connectivity index (χ3n) is 4.44. The van der Waals surface area contributed by atoms with Gasteiger partial charge in [0.25, 0.3) is 0 Å².